The molecule has 10 heteroatoms. The van der Waals surface area contributed by atoms with Crippen molar-refractivity contribution < 1.29 is 15.0 Å². The fraction of sp³-hybridized carbons (Fsp3) is 0.485. The molecule has 0 amide bonds. The second-order valence-corrected chi connectivity index (χ2v) is 15.6. The van der Waals surface area contributed by atoms with E-state index in [1.807, 2.05) is 41.2 Å². The van der Waals surface area contributed by atoms with E-state index in [0.717, 1.165) is 51.9 Å². The quantitative estimate of drug-likeness (QED) is 0.283. The van der Waals surface area contributed by atoms with Gasteiger partial charge in [0.1, 0.15) is 15.9 Å². The van der Waals surface area contributed by atoms with Crippen molar-refractivity contribution in [2.75, 3.05) is 5.75 Å². The second-order valence-electron chi connectivity index (χ2n) is 13.4. The van der Waals surface area contributed by atoms with Crippen LogP contribution in [0.4, 0.5) is 0 Å². The van der Waals surface area contributed by atoms with Gasteiger partial charge in [-0.2, -0.15) is 5.10 Å². The number of hydrogen-bond acceptors (Lipinski definition) is 9. The van der Waals surface area contributed by atoms with Gasteiger partial charge in [0.25, 0.3) is 0 Å². The zero-order chi connectivity index (χ0) is 29.6. The predicted octanol–water partition coefficient (Wildman–Crippen LogP) is 5.52. The minimum Gasteiger partial charge on any atom is -0.393 e. The van der Waals surface area contributed by atoms with E-state index >= 15 is 0 Å². The van der Waals surface area contributed by atoms with Gasteiger partial charge in [0.2, 0.25) is 0 Å². The van der Waals surface area contributed by atoms with Gasteiger partial charge >= 0.3 is 0 Å². The van der Waals surface area contributed by atoms with Gasteiger partial charge in [-0.3, -0.25) is 4.79 Å². The van der Waals surface area contributed by atoms with Crippen LogP contribution in [0.5, 0.6) is 0 Å². The second kappa shape index (κ2) is 9.79. The van der Waals surface area contributed by atoms with Crippen molar-refractivity contribution in [2.24, 2.45) is 28.6 Å². The molecule has 8 rings (SSSR count). The highest BCUT2D eigenvalue weighted by Gasteiger charge is 2.68. The number of aromatic nitrogens is 5. The molecule has 4 aromatic rings. The third kappa shape index (κ3) is 3.99. The average Bonchev–Trinajstić information content (AvgIpc) is 3.68. The number of thiazole rings is 1. The molecular weight excluding hydrogens is 579 g/mol. The molecule has 0 aliphatic heterocycles. The minimum atomic E-state index is -1.45. The van der Waals surface area contributed by atoms with Crippen LogP contribution in [0.3, 0.4) is 0 Å². The van der Waals surface area contributed by atoms with Crippen molar-refractivity contribution in [3.63, 3.8) is 0 Å². The van der Waals surface area contributed by atoms with E-state index in [0.29, 0.717) is 12.8 Å². The Bertz CT molecular complexity index is 1740. The minimum absolute atomic E-state index is 0.0685. The molecule has 2 N–H and O–H groups in total. The summed E-state index contributed by atoms with van der Waals surface area (Å²) in [7, 11) is 0. The van der Waals surface area contributed by atoms with Crippen LogP contribution in [0, 0.1) is 28.6 Å². The van der Waals surface area contributed by atoms with E-state index in [9.17, 15) is 15.0 Å². The number of aliphatic hydroxyl groups excluding tert-OH is 1. The molecule has 7 atom stereocenters. The predicted molar refractivity (Wildman–Crippen MR) is 167 cm³/mol. The largest absolute Gasteiger partial charge is 0.393 e. The van der Waals surface area contributed by atoms with Crippen molar-refractivity contribution in [3.8, 4) is 5.82 Å². The fourth-order valence-corrected chi connectivity index (χ4v) is 11.3. The number of thioether (sulfide) groups is 1. The number of hydrogen-bond donors (Lipinski definition) is 2. The molecule has 0 spiro atoms. The molecular formula is C33H35N5O3S2. The number of carbonyl (C=O) groups excluding carboxylic acids is 1. The first kappa shape index (κ1) is 27.6. The van der Waals surface area contributed by atoms with Gasteiger partial charge in [0.15, 0.2) is 15.9 Å². The fourth-order valence-electron chi connectivity index (χ4n) is 9.37. The lowest BCUT2D eigenvalue weighted by atomic mass is 9.45. The van der Waals surface area contributed by atoms with Gasteiger partial charge < -0.3 is 10.2 Å². The summed E-state index contributed by atoms with van der Waals surface area (Å²) in [6.07, 6.45) is 11.6. The Morgan fingerprint density at radius 2 is 2.02 bits per heavy atom. The highest BCUT2D eigenvalue weighted by atomic mass is 32.2. The van der Waals surface area contributed by atoms with Crippen LogP contribution in [0.15, 0.2) is 58.8 Å². The van der Waals surface area contributed by atoms with Crippen LogP contribution in [-0.2, 0) is 11.2 Å². The maximum atomic E-state index is 13.8. The van der Waals surface area contributed by atoms with Crippen LogP contribution in [0.25, 0.3) is 22.2 Å². The van der Waals surface area contributed by atoms with E-state index in [1.165, 1.54) is 34.2 Å². The van der Waals surface area contributed by atoms with Gasteiger partial charge in [-0.25, -0.2) is 19.6 Å². The number of nitrogens with zero attached hydrogens (tertiary/aromatic N) is 5. The monoisotopic (exact) mass is 613 g/mol. The first-order valence-electron chi connectivity index (χ1n) is 15.2. The zero-order valence-corrected chi connectivity index (χ0v) is 25.9. The summed E-state index contributed by atoms with van der Waals surface area (Å²) < 4.78 is 2.71. The Hall–Kier alpha value is -2.92. The van der Waals surface area contributed by atoms with Crippen molar-refractivity contribution in [1.29, 1.82) is 0 Å². The number of pyridine rings is 2. The summed E-state index contributed by atoms with van der Waals surface area (Å²) in [5.74, 6) is 1.32. The molecule has 3 fully saturated rings. The standard InChI is InChI=1S/C33H35N5O3S2/c1-31-15-19-17-36-38(27-7-3-4-12-34-27)24(19)14-20(31)8-9-21-22-10-11-33(41,32(22,2)16-25(39)28(21)31)26(40)18-42-30-37-23-6-5-13-35-29(23)43-30/h3-7,12-14,17,21-22,25,28,39,41H,8-11,15-16,18H2,1-2H3. The molecule has 7 unspecified atom stereocenters. The third-order valence-electron chi connectivity index (χ3n) is 11.4. The first-order valence-corrected chi connectivity index (χ1v) is 17.0. The molecule has 4 aliphatic carbocycles. The van der Waals surface area contributed by atoms with Crippen LogP contribution in [0.1, 0.15) is 57.2 Å². The van der Waals surface area contributed by atoms with Gasteiger partial charge in [0, 0.05) is 17.8 Å². The number of rotatable bonds is 5. The molecule has 4 aliphatic rings. The lowest BCUT2D eigenvalue weighted by molar-refractivity contribution is -0.177. The van der Waals surface area contributed by atoms with Crippen molar-refractivity contribution >= 4 is 45.3 Å². The van der Waals surface area contributed by atoms with Crippen LogP contribution in [-0.4, -0.2) is 58.2 Å². The summed E-state index contributed by atoms with van der Waals surface area (Å²) >= 11 is 2.86. The number of Topliss-reactive ketones (excluding diaryl/α,β-unsaturated/α-hetero) is 1. The highest BCUT2D eigenvalue weighted by Crippen LogP contribution is 2.67. The molecule has 8 nitrogen and oxygen atoms in total. The Morgan fingerprint density at radius 1 is 1.16 bits per heavy atom. The summed E-state index contributed by atoms with van der Waals surface area (Å²) in [6, 6.07) is 9.63. The number of carbonyl (C=O) groups is 1. The molecule has 4 aromatic heterocycles. The zero-order valence-electron chi connectivity index (χ0n) is 24.3. The third-order valence-corrected chi connectivity index (χ3v) is 13.5. The first-order chi connectivity index (χ1) is 20.7. The summed E-state index contributed by atoms with van der Waals surface area (Å²) in [5, 5.41) is 28.8. The summed E-state index contributed by atoms with van der Waals surface area (Å²) in [4.78, 5) is 28.2. The Balaban J connectivity index is 1.05. The van der Waals surface area contributed by atoms with Gasteiger partial charge in [-0.1, -0.05) is 48.6 Å². The maximum Gasteiger partial charge on any atom is 0.175 e. The van der Waals surface area contributed by atoms with Gasteiger partial charge in [-0.15, -0.1) is 0 Å². The van der Waals surface area contributed by atoms with Gasteiger partial charge in [0.05, 0.1) is 23.7 Å². The van der Waals surface area contributed by atoms with Crippen molar-refractivity contribution in [1.82, 2.24) is 24.7 Å². The smallest absolute Gasteiger partial charge is 0.175 e. The molecule has 0 aromatic carbocycles. The normalized spacial score (nSPS) is 34.7. The highest BCUT2D eigenvalue weighted by molar-refractivity contribution is 8.01. The van der Waals surface area contributed by atoms with E-state index < -0.39 is 17.1 Å². The van der Waals surface area contributed by atoms with E-state index in [4.69, 9.17) is 5.10 Å². The maximum absolute atomic E-state index is 13.8. The van der Waals surface area contributed by atoms with Crippen molar-refractivity contribution in [2.45, 2.75) is 68.4 Å². The number of fused-ring (bicyclic) bond motifs is 7. The van der Waals surface area contributed by atoms with E-state index in [-0.39, 0.29) is 34.7 Å². The molecule has 0 radical (unpaired) electrons. The van der Waals surface area contributed by atoms with Crippen LogP contribution >= 0.6 is 23.1 Å². The summed E-state index contributed by atoms with van der Waals surface area (Å²) in [6.45, 7) is 4.39. The lowest BCUT2D eigenvalue weighted by Crippen LogP contribution is -2.62. The topological polar surface area (TPSA) is 114 Å². The van der Waals surface area contributed by atoms with E-state index in [2.05, 4.69) is 34.9 Å². The SMILES string of the molecule is CC12Cc3cnn(-c4ccccn4)c3C=C1CCC1C2C(O)CC2(C)C1CCC2(O)C(=O)CSc1nc2cccnc2s1. The Kier molecular flexibility index (Phi) is 6.29. The molecule has 0 saturated heterocycles. The molecule has 222 valence electrons. The molecule has 3 saturated carbocycles. The molecule has 43 heavy (non-hydrogen) atoms. The number of aliphatic hydroxyl groups is 2. The van der Waals surface area contributed by atoms with Crippen LogP contribution in [0.2, 0.25) is 0 Å². The Labute approximate surface area is 258 Å². The lowest BCUT2D eigenvalue weighted by Gasteiger charge is -2.60. The van der Waals surface area contributed by atoms with Crippen molar-refractivity contribution in [3.05, 3.63) is 65.8 Å². The average molecular weight is 614 g/mol. The Morgan fingerprint density at radius 3 is 2.84 bits per heavy atom. The number of ketones is 1. The summed E-state index contributed by atoms with van der Waals surface area (Å²) in [5.41, 5.74) is 2.14. The van der Waals surface area contributed by atoms with E-state index in [1.54, 1.807) is 12.4 Å². The molecule has 4 heterocycles. The van der Waals surface area contributed by atoms with Gasteiger partial charge in [-0.05, 0) is 97.6 Å². The van der Waals surface area contributed by atoms with Crippen LogP contribution < -0.4 is 0 Å². The number of allylic oxidation sites excluding steroid dienone is 1. The molecule has 0 bridgehead atoms.